The Morgan fingerprint density at radius 1 is 0.944 bits per heavy atom. The highest BCUT2D eigenvalue weighted by atomic mass is 35.5. The minimum Gasteiger partial charge on any atom is -0.487 e. The molecule has 2 aromatic carbocycles. The van der Waals surface area contributed by atoms with E-state index in [1.165, 1.54) is 0 Å². The summed E-state index contributed by atoms with van der Waals surface area (Å²) in [6.07, 6.45) is 0. The molecule has 0 radical (unpaired) electrons. The first-order chi connectivity index (χ1) is 8.56. The Kier molecular flexibility index (Phi) is 4.23. The van der Waals surface area contributed by atoms with Gasteiger partial charge in [-0.05, 0) is 30.3 Å². The Hall–Kier alpha value is -1.09. The first kappa shape index (κ1) is 13.3. The summed E-state index contributed by atoms with van der Waals surface area (Å²) < 4.78 is 5.58. The number of anilines is 1. The van der Waals surface area contributed by atoms with Crippen molar-refractivity contribution in [2.45, 2.75) is 6.61 Å². The molecule has 5 heteroatoms. The number of ether oxygens (including phenoxy) is 1. The lowest BCUT2D eigenvalue weighted by Gasteiger charge is -2.10. The molecule has 0 spiro atoms. The van der Waals surface area contributed by atoms with Gasteiger partial charge in [-0.3, -0.25) is 0 Å². The third-order valence-electron chi connectivity index (χ3n) is 2.35. The van der Waals surface area contributed by atoms with Crippen LogP contribution < -0.4 is 10.5 Å². The summed E-state index contributed by atoms with van der Waals surface area (Å²) in [7, 11) is 0. The van der Waals surface area contributed by atoms with Crippen molar-refractivity contribution in [3.8, 4) is 5.75 Å². The van der Waals surface area contributed by atoms with Crippen molar-refractivity contribution >= 4 is 40.5 Å². The highest BCUT2D eigenvalue weighted by molar-refractivity contribution is 6.35. The molecular weight excluding hydrogens is 293 g/mol. The van der Waals surface area contributed by atoms with Crippen molar-refractivity contribution in [2.75, 3.05) is 5.73 Å². The zero-order chi connectivity index (χ0) is 13.1. The van der Waals surface area contributed by atoms with Gasteiger partial charge in [-0.2, -0.15) is 0 Å². The second-order valence-corrected chi connectivity index (χ2v) is 4.97. The van der Waals surface area contributed by atoms with Gasteiger partial charge >= 0.3 is 0 Å². The number of benzene rings is 2. The molecule has 0 aliphatic heterocycles. The zero-order valence-electron chi connectivity index (χ0n) is 9.29. The molecule has 2 aromatic rings. The second kappa shape index (κ2) is 5.70. The fourth-order valence-electron chi connectivity index (χ4n) is 1.43. The third kappa shape index (κ3) is 3.22. The lowest BCUT2D eigenvalue weighted by molar-refractivity contribution is 0.306. The van der Waals surface area contributed by atoms with Crippen LogP contribution in [0.4, 0.5) is 5.69 Å². The predicted molar refractivity (Wildman–Crippen MR) is 76.7 cm³/mol. The summed E-state index contributed by atoms with van der Waals surface area (Å²) in [6, 6.07) is 10.3. The molecule has 0 fully saturated rings. The van der Waals surface area contributed by atoms with Crippen molar-refractivity contribution in [1.82, 2.24) is 0 Å². The van der Waals surface area contributed by atoms with Gasteiger partial charge in [0.1, 0.15) is 12.4 Å². The summed E-state index contributed by atoms with van der Waals surface area (Å²) in [4.78, 5) is 0. The van der Waals surface area contributed by atoms with E-state index in [1.807, 2.05) is 6.07 Å². The van der Waals surface area contributed by atoms with Gasteiger partial charge < -0.3 is 10.5 Å². The van der Waals surface area contributed by atoms with E-state index in [0.29, 0.717) is 33.1 Å². The maximum atomic E-state index is 6.04. The smallest absolute Gasteiger partial charge is 0.138 e. The lowest BCUT2D eigenvalue weighted by Crippen LogP contribution is -1.97. The normalized spacial score (nSPS) is 10.4. The molecule has 0 bridgehead atoms. The summed E-state index contributed by atoms with van der Waals surface area (Å²) in [5.41, 5.74) is 7.04. The maximum absolute atomic E-state index is 6.04. The van der Waals surface area contributed by atoms with E-state index in [4.69, 9.17) is 45.3 Å². The SMILES string of the molecule is Nc1ccc(OCc2ccc(Cl)cc2Cl)c(Cl)c1. The Bertz CT molecular complexity index is 521. The Balaban J connectivity index is 2.11. The van der Waals surface area contributed by atoms with Gasteiger partial charge in [-0.15, -0.1) is 0 Å². The van der Waals surface area contributed by atoms with E-state index < -0.39 is 0 Å². The summed E-state index contributed by atoms with van der Waals surface area (Å²) in [5.74, 6) is 0.567. The molecule has 18 heavy (non-hydrogen) atoms. The number of hydrogen-bond donors (Lipinski definition) is 1. The van der Waals surface area contributed by atoms with Crippen LogP contribution in [0, 0.1) is 0 Å². The molecule has 2 rings (SSSR count). The van der Waals surface area contributed by atoms with Crippen LogP contribution in [-0.4, -0.2) is 0 Å². The molecule has 0 aliphatic rings. The molecule has 2 nitrogen and oxygen atoms in total. The number of nitrogens with two attached hydrogens (primary N) is 1. The fourth-order valence-corrected chi connectivity index (χ4v) is 2.13. The number of hydrogen-bond acceptors (Lipinski definition) is 2. The van der Waals surface area contributed by atoms with Gasteiger partial charge in [0, 0.05) is 21.3 Å². The highest BCUT2D eigenvalue weighted by Gasteiger charge is 2.05. The quantitative estimate of drug-likeness (QED) is 0.826. The van der Waals surface area contributed by atoms with Gasteiger partial charge in [0.2, 0.25) is 0 Å². The second-order valence-electron chi connectivity index (χ2n) is 3.71. The molecule has 0 unspecified atom stereocenters. The molecule has 0 atom stereocenters. The van der Waals surface area contributed by atoms with Crippen LogP contribution >= 0.6 is 34.8 Å². The fraction of sp³-hybridized carbons (Fsp3) is 0.0769. The van der Waals surface area contributed by atoms with Crippen molar-refractivity contribution in [3.05, 3.63) is 57.0 Å². The Morgan fingerprint density at radius 3 is 2.39 bits per heavy atom. The number of rotatable bonds is 3. The van der Waals surface area contributed by atoms with Gasteiger partial charge in [-0.25, -0.2) is 0 Å². The first-order valence-corrected chi connectivity index (χ1v) is 6.31. The van der Waals surface area contributed by atoms with Crippen LogP contribution in [0.3, 0.4) is 0 Å². The van der Waals surface area contributed by atoms with E-state index in [1.54, 1.807) is 30.3 Å². The topological polar surface area (TPSA) is 35.2 Å². The molecule has 0 saturated heterocycles. The van der Waals surface area contributed by atoms with Crippen molar-refractivity contribution in [1.29, 1.82) is 0 Å². The van der Waals surface area contributed by atoms with Crippen LogP contribution in [0.1, 0.15) is 5.56 Å². The molecule has 0 heterocycles. The van der Waals surface area contributed by atoms with Crippen LogP contribution in [-0.2, 0) is 6.61 Å². The van der Waals surface area contributed by atoms with E-state index in [-0.39, 0.29) is 0 Å². The van der Waals surface area contributed by atoms with Gasteiger partial charge in [-0.1, -0.05) is 40.9 Å². The average molecular weight is 303 g/mol. The molecule has 2 N–H and O–H groups in total. The van der Waals surface area contributed by atoms with Crippen LogP contribution in [0.15, 0.2) is 36.4 Å². The molecular formula is C13H10Cl3NO. The van der Waals surface area contributed by atoms with Crippen molar-refractivity contribution in [2.24, 2.45) is 0 Å². The van der Waals surface area contributed by atoms with Gasteiger partial charge in [0.25, 0.3) is 0 Å². The monoisotopic (exact) mass is 301 g/mol. The average Bonchev–Trinajstić information content (AvgIpc) is 2.30. The van der Waals surface area contributed by atoms with Crippen LogP contribution in [0.25, 0.3) is 0 Å². The van der Waals surface area contributed by atoms with Gasteiger partial charge in [0.15, 0.2) is 0 Å². The lowest BCUT2D eigenvalue weighted by atomic mass is 10.2. The molecule has 0 aliphatic carbocycles. The van der Waals surface area contributed by atoms with Crippen molar-refractivity contribution < 1.29 is 4.74 Å². The molecule has 0 saturated carbocycles. The molecule has 0 amide bonds. The van der Waals surface area contributed by atoms with E-state index in [2.05, 4.69) is 0 Å². The van der Waals surface area contributed by atoms with E-state index in [0.717, 1.165) is 5.56 Å². The molecule has 94 valence electrons. The summed E-state index contributed by atoms with van der Waals surface area (Å²) in [6.45, 7) is 0.319. The minimum atomic E-state index is 0.319. The predicted octanol–water partition coefficient (Wildman–Crippen LogP) is 4.81. The minimum absolute atomic E-state index is 0.319. The number of nitrogen functional groups attached to an aromatic ring is 1. The van der Waals surface area contributed by atoms with Crippen LogP contribution in [0.5, 0.6) is 5.75 Å². The van der Waals surface area contributed by atoms with E-state index >= 15 is 0 Å². The largest absolute Gasteiger partial charge is 0.487 e. The van der Waals surface area contributed by atoms with Crippen LogP contribution in [0.2, 0.25) is 15.1 Å². The maximum Gasteiger partial charge on any atom is 0.138 e. The van der Waals surface area contributed by atoms with E-state index in [9.17, 15) is 0 Å². The summed E-state index contributed by atoms with van der Waals surface area (Å²) in [5, 5.41) is 1.63. The van der Waals surface area contributed by atoms with Gasteiger partial charge in [0.05, 0.1) is 5.02 Å². The Labute approximate surface area is 120 Å². The summed E-state index contributed by atoms with van der Waals surface area (Å²) >= 11 is 17.9. The Morgan fingerprint density at radius 2 is 1.72 bits per heavy atom. The molecule has 0 aromatic heterocycles. The third-order valence-corrected chi connectivity index (χ3v) is 3.24. The first-order valence-electron chi connectivity index (χ1n) is 5.18. The highest BCUT2D eigenvalue weighted by Crippen LogP contribution is 2.28. The zero-order valence-corrected chi connectivity index (χ0v) is 11.6. The standard InChI is InChI=1S/C13H10Cl3NO/c14-9-2-1-8(11(15)5-9)7-18-13-4-3-10(17)6-12(13)16/h1-6H,7,17H2. The van der Waals surface area contributed by atoms with Crippen molar-refractivity contribution in [3.63, 3.8) is 0 Å². The number of halogens is 3.